The van der Waals surface area contributed by atoms with Gasteiger partial charge in [-0.2, -0.15) is 0 Å². The molecule has 2 rings (SSSR count). The summed E-state index contributed by atoms with van der Waals surface area (Å²) in [6.45, 7) is 0.0312. The van der Waals surface area contributed by atoms with E-state index in [-0.39, 0.29) is 29.5 Å². The van der Waals surface area contributed by atoms with Gasteiger partial charge in [-0.05, 0) is 24.3 Å². The molecule has 10 heteroatoms. The highest BCUT2D eigenvalue weighted by molar-refractivity contribution is 7.90. The summed E-state index contributed by atoms with van der Waals surface area (Å²) in [7, 11) is -3.57. The van der Waals surface area contributed by atoms with Gasteiger partial charge in [-0.25, -0.2) is 17.2 Å². The summed E-state index contributed by atoms with van der Waals surface area (Å²) in [5, 5.41) is 13.8. The van der Waals surface area contributed by atoms with Crippen molar-refractivity contribution in [3.05, 3.63) is 58.1 Å². The number of hydrogen-bond acceptors (Lipinski definition) is 6. The Morgan fingerprint density at radius 2 is 1.92 bits per heavy atom. The monoisotopic (exact) mass is 372 g/mol. The van der Waals surface area contributed by atoms with Crippen LogP contribution in [0.25, 0.3) is 0 Å². The molecule has 0 spiro atoms. The molecule has 2 aromatic carbocycles. The molecule has 0 radical (unpaired) electrons. The number of sulfone groups is 1. The van der Waals surface area contributed by atoms with Crippen LogP contribution in [0.5, 0.6) is 5.75 Å². The Hall–Kier alpha value is -2.75. The summed E-state index contributed by atoms with van der Waals surface area (Å²) in [6.07, 6.45) is 0.949. The van der Waals surface area contributed by atoms with E-state index in [1.165, 1.54) is 12.1 Å². The molecule has 0 amide bonds. The minimum absolute atomic E-state index is 0.0481. The Labute approximate surface area is 142 Å². The quantitative estimate of drug-likeness (QED) is 0.456. The third kappa shape index (κ3) is 4.86. The summed E-state index contributed by atoms with van der Waals surface area (Å²) >= 11 is 0. The lowest BCUT2D eigenvalue weighted by Gasteiger charge is -2.10. The first-order chi connectivity index (χ1) is 11.7. The SMILES string of the molecule is CS(=O)(=O)c1ccc(NCCOc2ccc(F)cc2F)c([N+](=O)[O-])c1. The van der Waals surface area contributed by atoms with Crippen molar-refractivity contribution in [1.82, 2.24) is 0 Å². The molecule has 7 nitrogen and oxygen atoms in total. The van der Waals surface area contributed by atoms with E-state index in [0.717, 1.165) is 24.5 Å². The van der Waals surface area contributed by atoms with Crippen LogP contribution in [0.1, 0.15) is 0 Å². The van der Waals surface area contributed by atoms with E-state index >= 15 is 0 Å². The van der Waals surface area contributed by atoms with Gasteiger partial charge in [0.25, 0.3) is 5.69 Å². The average Bonchev–Trinajstić information content (AvgIpc) is 2.52. The molecular weight excluding hydrogens is 358 g/mol. The average molecular weight is 372 g/mol. The highest BCUT2D eigenvalue weighted by atomic mass is 32.2. The fourth-order valence-corrected chi connectivity index (χ4v) is 2.62. The van der Waals surface area contributed by atoms with Crippen molar-refractivity contribution in [1.29, 1.82) is 0 Å². The van der Waals surface area contributed by atoms with Gasteiger partial charge in [0.15, 0.2) is 21.4 Å². The van der Waals surface area contributed by atoms with Crippen LogP contribution in [-0.2, 0) is 9.84 Å². The van der Waals surface area contributed by atoms with Crippen molar-refractivity contribution < 1.29 is 26.9 Å². The second-order valence-electron chi connectivity index (χ2n) is 5.06. The lowest BCUT2D eigenvalue weighted by atomic mass is 10.2. The van der Waals surface area contributed by atoms with Crippen molar-refractivity contribution in [2.24, 2.45) is 0 Å². The van der Waals surface area contributed by atoms with Crippen LogP contribution in [0, 0.1) is 21.7 Å². The van der Waals surface area contributed by atoms with E-state index in [1.807, 2.05) is 0 Å². The maximum Gasteiger partial charge on any atom is 0.293 e. The maximum atomic E-state index is 13.4. The molecule has 1 N–H and O–H groups in total. The molecule has 0 aromatic heterocycles. The van der Waals surface area contributed by atoms with Gasteiger partial charge in [0.05, 0.1) is 9.82 Å². The number of nitro groups is 1. The maximum absolute atomic E-state index is 13.4. The molecule has 0 heterocycles. The Morgan fingerprint density at radius 1 is 1.20 bits per heavy atom. The highest BCUT2D eigenvalue weighted by Gasteiger charge is 2.18. The number of nitro benzene ring substituents is 1. The Kier molecular flexibility index (Phi) is 5.52. The van der Waals surface area contributed by atoms with E-state index in [2.05, 4.69) is 5.32 Å². The van der Waals surface area contributed by atoms with Crippen molar-refractivity contribution in [3.8, 4) is 5.75 Å². The summed E-state index contributed by atoms with van der Waals surface area (Å²) in [6, 6.07) is 6.32. The minimum Gasteiger partial charge on any atom is -0.489 e. The van der Waals surface area contributed by atoms with Crippen molar-refractivity contribution in [2.75, 3.05) is 24.7 Å². The largest absolute Gasteiger partial charge is 0.489 e. The predicted molar refractivity (Wildman–Crippen MR) is 86.5 cm³/mol. The molecule has 0 fully saturated rings. The van der Waals surface area contributed by atoms with Gasteiger partial charge >= 0.3 is 0 Å². The van der Waals surface area contributed by atoms with Crippen LogP contribution in [0.3, 0.4) is 0 Å². The zero-order valence-corrected chi connectivity index (χ0v) is 13.8. The number of benzene rings is 2. The molecular formula is C15H14F2N2O5S. The predicted octanol–water partition coefficient (Wildman–Crippen LogP) is 2.77. The van der Waals surface area contributed by atoms with E-state index < -0.39 is 32.1 Å². The first kappa shape index (κ1) is 18.6. The van der Waals surface area contributed by atoms with Crippen LogP contribution in [0.2, 0.25) is 0 Å². The van der Waals surface area contributed by atoms with Crippen LogP contribution < -0.4 is 10.1 Å². The van der Waals surface area contributed by atoms with Crippen molar-refractivity contribution >= 4 is 21.2 Å². The summed E-state index contributed by atoms with van der Waals surface area (Å²) < 4.78 is 54.2. The fraction of sp³-hybridized carbons (Fsp3) is 0.200. The van der Waals surface area contributed by atoms with E-state index in [1.54, 1.807) is 0 Å². The number of nitrogens with one attached hydrogen (secondary N) is 1. The Morgan fingerprint density at radius 3 is 2.52 bits per heavy atom. The third-order valence-electron chi connectivity index (χ3n) is 3.16. The van der Waals surface area contributed by atoms with E-state index in [0.29, 0.717) is 6.07 Å². The second-order valence-corrected chi connectivity index (χ2v) is 7.07. The van der Waals surface area contributed by atoms with Gasteiger partial charge in [0, 0.05) is 24.9 Å². The normalized spacial score (nSPS) is 11.2. The standard InChI is InChI=1S/C15H14F2N2O5S/c1-25(22,23)11-3-4-13(14(9-11)19(20)21)18-6-7-24-15-5-2-10(16)8-12(15)17/h2-5,8-9,18H,6-7H2,1H3. The zero-order chi connectivity index (χ0) is 18.6. The number of halogens is 2. The van der Waals surface area contributed by atoms with Gasteiger partial charge in [0.1, 0.15) is 18.1 Å². The lowest BCUT2D eigenvalue weighted by Crippen LogP contribution is -2.13. The molecule has 0 saturated carbocycles. The number of ether oxygens (including phenoxy) is 1. The highest BCUT2D eigenvalue weighted by Crippen LogP contribution is 2.27. The molecule has 0 aliphatic carbocycles. The van der Waals surface area contributed by atoms with Crippen LogP contribution in [0.4, 0.5) is 20.2 Å². The topological polar surface area (TPSA) is 98.5 Å². The molecule has 0 aliphatic heterocycles. The van der Waals surface area contributed by atoms with Crippen molar-refractivity contribution in [3.63, 3.8) is 0 Å². The second kappa shape index (κ2) is 7.43. The fourth-order valence-electron chi connectivity index (χ4n) is 1.98. The van der Waals surface area contributed by atoms with E-state index in [9.17, 15) is 27.3 Å². The molecule has 0 unspecified atom stereocenters. The number of anilines is 1. The van der Waals surface area contributed by atoms with Gasteiger partial charge in [-0.15, -0.1) is 0 Å². The van der Waals surface area contributed by atoms with E-state index in [4.69, 9.17) is 4.74 Å². The first-order valence-corrected chi connectivity index (χ1v) is 8.88. The zero-order valence-electron chi connectivity index (χ0n) is 13.0. The molecule has 0 atom stereocenters. The number of hydrogen-bond donors (Lipinski definition) is 1. The Bertz CT molecular complexity index is 903. The van der Waals surface area contributed by atoms with Crippen LogP contribution >= 0.6 is 0 Å². The molecule has 0 bridgehead atoms. The molecule has 134 valence electrons. The number of nitrogens with zero attached hydrogens (tertiary/aromatic N) is 1. The van der Waals surface area contributed by atoms with Gasteiger partial charge < -0.3 is 10.1 Å². The third-order valence-corrected chi connectivity index (χ3v) is 4.27. The lowest BCUT2D eigenvalue weighted by molar-refractivity contribution is -0.384. The molecule has 0 saturated heterocycles. The van der Waals surface area contributed by atoms with Gasteiger partial charge in [0.2, 0.25) is 0 Å². The van der Waals surface area contributed by atoms with Crippen LogP contribution in [0.15, 0.2) is 41.3 Å². The number of rotatable bonds is 7. The molecule has 25 heavy (non-hydrogen) atoms. The minimum atomic E-state index is -3.57. The Balaban J connectivity index is 2.04. The first-order valence-electron chi connectivity index (χ1n) is 6.98. The smallest absolute Gasteiger partial charge is 0.293 e. The summed E-state index contributed by atoms with van der Waals surface area (Å²) in [5.41, 5.74) is -0.309. The summed E-state index contributed by atoms with van der Waals surface area (Å²) in [5.74, 6) is -1.74. The van der Waals surface area contributed by atoms with Crippen LogP contribution in [-0.4, -0.2) is 32.7 Å². The summed E-state index contributed by atoms with van der Waals surface area (Å²) in [4.78, 5) is 10.2. The van der Waals surface area contributed by atoms with Gasteiger partial charge in [-0.3, -0.25) is 10.1 Å². The van der Waals surface area contributed by atoms with Crippen molar-refractivity contribution in [2.45, 2.75) is 4.90 Å². The molecule has 2 aromatic rings. The molecule has 0 aliphatic rings. The van der Waals surface area contributed by atoms with Gasteiger partial charge in [-0.1, -0.05) is 0 Å².